The maximum atomic E-state index is 12.7. The standard InChI is InChI=1S/C12H12F3NO2/c1-6-5-8(12(13,14)15)16-10(7-3-2-4-7)9(6)11(17)18/h5,7H,2-4H2,1H3,(H,17,18). The second-order valence-electron chi connectivity index (χ2n) is 4.52. The molecule has 1 aliphatic carbocycles. The normalized spacial score (nSPS) is 16.4. The predicted molar refractivity (Wildman–Crippen MR) is 57.5 cm³/mol. The van der Waals surface area contributed by atoms with Crippen LogP contribution in [0, 0.1) is 6.92 Å². The van der Waals surface area contributed by atoms with Crippen molar-refractivity contribution in [1.82, 2.24) is 4.98 Å². The Morgan fingerprint density at radius 3 is 2.44 bits per heavy atom. The number of hydrogen-bond donors (Lipinski definition) is 1. The molecule has 0 atom stereocenters. The summed E-state index contributed by atoms with van der Waals surface area (Å²) in [5.74, 6) is -1.37. The van der Waals surface area contributed by atoms with E-state index in [1.165, 1.54) is 6.92 Å². The van der Waals surface area contributed by atoms with E-state index in [0.29, 0.717) is 12.8 Å². The number of carboxylic acids is 1. The fourth-order valence-corrected chi connectivity index (χ4v) is 2.10. The molecular weight excluding hydrogens is 247 g/mol. The molecule has 1 aromatic rings. The highest BCUT2D eigenvalue weighted by molar-refractivity contribution is 5.90. The van der Waals surface area contributed by atoms with E-state index in [-0.39, 0.29) is 22.7 Å². The predicted octanol–water partition coefficient (Wildman–Crippen LogP) is 3.37. The van der Waals surface area contributed by atoms with Crippen LogP contribution < -0.4 is 0 Å². The first-order valence-corrected chi connectivity index (χ1v) is 5.62. The molecule has 0 saturated heterocycles. The van der Waals surface area contributed by atoms with E-state index in [2.05, 4.69) is 4.98 Å². The molecule has 3 nitrogen and oxygen atoms in total. The van der Waals surface area contributed by atoms with Gasteiger partial charge < -0.3 is 5.11 Å². The number of carbonyl (C=O) groups is 1. The van der Waals surface area contributed by atoms with Crippen molar-refractivity contribution in [2.75, 3.05) is 0 Å². The number of alkyl halides is 3. The highest BCUT2D eigenvalue weighted by Crippen LogP contribution is 2.39. The number of aromatic carboxylic acids is 1. The van der Waals surface area contributed by atoms with Gasteiger partial charge in [-0.15, -0.1) is 0 Å². The van der Waals surface area contributed by atoms with Crippen molar-refractivity contribution in [2.24, 2.45) is 0 Å². The number of pyridine rings is 1. The van der Waals surface area contributed by atoms with Crippen LogP contribution in [-0.2, 0) is 6.18 Å². The van der Waals surface area contributed by atoms with Crippen LogP contribution in [0.3, 0.4) is 0 Å². The van der Waals surface area contributed by atoms with E-state index >= 15 is 0 Å². The van der Waals surface area contributed by atoms with Crippen LogP contribution in [0.1, 0.15) is 52.5 Å². The average molecular weight is 259 g/mol. The molecule has 98 valence electrons. The summed E-state index contributed by atoms with van der Waals surface area (Å²) >= 11 is 0. The molecule has 0 amide bonds. The van der Waals surface area contributed by atoms with E-state index in [1.54, 1.807) is 0 Å². The molecule has 0 bridgehead atoms. The van der Waals surface area contributed by atoms with E-state index < -0.39 is 17.8 Å². The van der Waals surface area contributed by atoms with Gasteiger partial charge in [-0.3, -0.25) is 0 Å². The number of hydrogen-bond acceptors (Lipinski definition) is 2. The number of halogens is 3. The van der Waals surface area contributed by atoms with Crippen molar-refractivity contribution in [1.29, 1.82) is 0 Å². The summed E-state index contributed by atoms with van der Waals surface area (Å²) in [6.07, 6.45) is -2.23. The van der Waals surface area contributed by atoms with Crippen molar-refractivity contribution in [2.45, 2.75) is 38.3 Å². The molecule has 0 aliphatic heterocycles. The molecule has 1 heterocycles. The quantitative estimate of drug-likeness (QED) is 0.885. The summed E-state index contributed by atoms with van der Waals surface area (Å²) in [6.45, 7) is 1.38. The van der Waals surface area contributed by atoms with Gasteiger partial charge in [0.1, 0.15) is 5.69 Å². The van der Waals surface area contributed by atoms with Crippen molar-refractivity contribution in [3.8, 4) is 0 Å². The van der Waals surface area contributed by atoms with Crippen molar-refractivity contribution in [3.63, 3.8) is 0 Å². The smallest absolute Gasteiger partial charge is 0.433 e. The first kappa shape index (κ1) is 12.9. The lowest BCUT2D eigenvalue weighted by atomic mass is 9.80. The fourth-order valence-electron chi connectivity index (χ4n) is 2.10. The lowest BCUT2D eigenvalue weighted by Gasteiger charge is -2.27. The van der Waals surface area contributed by atoms with Crippen molar-refractivity contribution >= 4 is 5.97 Å². The highest BCUT2D eigenvalue weighted by atomic mass is 19.4. The SMILES string of the molecule is Cc1cc(C(F)(F)F)nc(C2CCC2)c1C(=O)O. The molecule has 0 spiro atoms. The van der Waals surface area contributed by atoms with E-state index in [4.69, 9.17) is 5.11 Å². The maximum absolute atomic E-state index is 12.7. The summed E-state index contributed by atoms with van der Waals surface area (Å²) in [4.78, 5) is 14.7. The number of rotatable bonds is 2. The minimum atomic E-state index is -4.54. The zero-order valence-corrected chi connectivity index (χ0v) is 9.71. The van der Waals surface area contributed by atoms with Gasteiger partial charge in [-0.25, -0.2) is 9.78 Å². The molecule has 2 rings (SSSR count). The Morgan fingerprint density at radius 1 is 1.44 bits per heavy atom. The largest absolute Gasteiger partial charge is 0.478 e. The van der Waals surface area contributed by atoms with Gasteiger partial charge in [0.25, 0.3) is 0 Å². The van der Waals surface area contributed by atoms with Crippen LogP contribution >= 0.6 is 0 Å². The van der Waals surface area contributed by atoms with E-state index in [1.807, 2.05) is 0 Å². The van der Waals surface area contributed by atoms with Crippen LogP contribution in [0.15, 0.2) is 6.07 Å². The van der Waals surface area contributed by atoms with E-state index in [0.717, 1.165) is 12.5 Å². The van der Waals surface area contributed by atoms with Gasteiger partial charge in [-0.05, 0) is 31.4 Å². The molecule has 0 aromatic carbocycles. The first-order chi connectivity index (χ1) is 8.30. The lowest BCUT2D eigenvalue weighted by Crippen LogP contribution is -2.20. The Morgan fingerprint density at radius 2 is 2.06 bits per heavy atom. The molecule has 1 saturated carbocycles. The molecule has 1 aromatic heterocycles. The van der Waals surface area contributed by atoms with Crippen LogP contribution in [0.25, 0.3) is 0 Å². The van der Waals surface area contributed by atoms with Gasteiger partial charge in [0.05, 0.1) is 11.3 Å². The van der Waals surface area contributed by atoms with Crippen molar-refractivity contribution < 1.29 is 23.1 Å². The number of nitrogens with zero attached hydrogens (tertiary/aromatic N) is 1. The van der Waals surface area contributed by atoms with Gasteiger partial charge in [0.15, 0.2) is 0 Å². The maximum Gasteiger partial charge on any atom is 0.433 e. The van der Waals surface area contributed by atoms with Gasteiger partial charge in [0.2, 0.25) is 0 Å². The first-order valence-electron chi connectivity index (χ1n) is 5.62. The summed E-state index contributed by atoms with van der Waals surface area (Å²) in [6, 6.07) is 0.797. The second-order valence-corrected chi connectivity index (χ2v) is 4.52. The topological polar surface area (TPSA) is 50.2 Å². The van der Waals surface area contributed by atoms with Gasteiger partial charge in [-0.1, -0.05) is 6.42 Å². The molecule has 1 N–H and O–H groups in total. The number of aryl methyl sites for hydroxylation is 1. The minimum absolute atomic E-state index is 0.0762. The van der Waals surface area contributed by atoms with Crippen LogP contribution in [0.2, 0.25) is 0 Å². The summed E-state index contributed by atoms with van der Waals surface area (Å²) in [5, 5.41) is 9.09. The molecule has 1 fully saturated rings. The Hall–Kier alpha value is -1.59. The summed E-state index contributed by atoms with van der Waals surface area (Å²) in [5.41, 5.74) is -0.882. The summed E-state index contributed by atoms with van der Waals surface area (Å²) in [7, 11) is 0. The highest BCUT2D eigenvalue weighted by Gasteiger charge is 2.36. The molecular formula is C12H12F3NO2. The number of carboxylic acid groups (broad SMARTS) is 1. The molecule has 0 unspecified atom stereocenters. The van der Waals surface area contributed by atoms with Crippen LogP contribution in [-0.4, -0.2) is 16.1 Å². The molecule has 6 heteroatoms. The van der Waals surface area contributed by atoms with Gasteiger partial charge in [-0.2, -0.15) is 13.2 Å². The van der Waals surface area contributed by atoms with Gasteiger partial charge >= 0.3 is 12.1 Å². The van der Waals surface area contributed by atoms with E-state index in [9.17, 15) is 18.0 Å². The summed E-state index contributed by atoms with van der Waals surface area (Å²) < 4.78 is 38.0. The lowest BCUT2D eigenvalue weighted by molar-refractivity contribution is -0.141. The fraction of sp³-hybridized carbons (Fsp3) is 0.500. The zero-order valence-electron chi connectivity index (χ0n) is 9.71. The Bertz CT molecular complexity index is 493. The second kappa shape index (κ2) is 4.26. The van der Waals surface area contributed by atoms with Crippen LogP contribution in [0.4, 0.5) is 13.2 Å². The third-order valence-electron chi connectivity index (χ3n) is 3.24. The number of aromatic nitrogens is 1. The zero-order chi connectivity index (χ0) is 13.5. The monoisotopic (exact) mass is 259 g/mol. The van der Waals surface area contributed by atoms with Crippen LogP contribution in [0.5, 0.6) is 0 Å². The molecule has 0 radical (unpaired) electrons. The Kier molecular flexibility index (Phi) is 3.04. The van der Waals surface area contributed by atoms with Crippen molar-refractivity contribution in [3.05, 3.63) is 28.6 Å². The Balaban J connectivity index is 2.58. The molecule has 18 heavy (non-hydrogen) atoms. The Labute approximate surface area is 102 Å². The molecule has 1 aliphatic rings. The van der Waals surface area contributed by atoms with Gasteiger partial charge in [0, 0.05) is 5.92 Å². The minimum Gasteiger partial charge on any atom is -0.478 e. The third kappa shape index (κ3) is 2.19. The third-order valence-corrected chi connectivity index (χ3v) is 3.24. The average Bonchev–Trinajstić information content (AvgIpc) is 2.11.